The van der Waals surface area contributed by atoms with Gasteiger partial charge in [-0.1, -0.05) is 30.3 Å². The predicted molar refractivity (Wildman–Crippen MR) is 82.8 cm³/mol. The summed E-state index contributed by atoms with van der Waals surface area (Å²) in [5, 5.41) is 2.88. The lowest BCUT2D eigenvalue weighted by Crippen LogP contribution is -2.31. The van der Waals surface area contributed by atoms with Crippen molar-refractivity contribution in [2.24, 2.45) is 0 Å². The summed E-state index contributed by atoms with van der Waals surface area (Å²) in [5.41, 5.74) is 4.62. The van der Waals surface area contributed by atoms with Gasteiger partial charge in [-0.25, -0.2) is 0 Å². The minimum Gasteiger partial charge on any atom is -0.325 e. The highest BCUT2D eigenvalue weighted by molar-refractivity contribution is 5.89. The third-order valence-corrected chi connectivity index (χ3v) is 3.78. The van der Waals surface area contributed by atoms with Crippen molar-refractivity contribution in [3.05, 3.63) is 59.4 Å². The third kappa shape index (κ3) is 3.28. The van der Waals surface area contributed by atoms with Crippen molar-refractivity contribution < 1.29 is 4.79 Å². The van der Waals surface area contributed by atoms with Crippen LogP contribution in [0.25, 0.3) is 0 Å². The first-order valence-corrected chi connectivity index (χ1v) is 7.22. The van der Waals surface area contributed by atoms with Crippen LogP contribution in [0.4, 0.5) is 5.69 Å². The van der Waals surface area contributed by atoms with Crippen molar-refractivity contribution in [1.29, 1.82) is 0 Å². The molecule has 0 unspecified atom stereocenters. The summed E-state index contributed by atoms with van der Waals surface area (Å²) in [6.45, 7) is 4.36. The number of fused-ring (bicyclic) bond motifs is 1. The molecule has 1 aromatic carbocycles. The molecule has 0 saturated heterocycles. The fourth-order valence-electron chi connectivity index (χ4n) is 2.83. The molecular formula is C17H19N3O. The van der Waals surface area contributed by atoms with Gasteiger partial charge < -0.3 is 5.32 Å². The topological polar surface area (TPSA) is 45.2 Å². The Morgan fingerprint density at radius 3 is 2.86 bits per heavy atom. The highest BCUT2D eigenvalue weighted by atomic mass is 16.1. The van der Waals surface area contributed by atoms with Crippen molar-refractivity contribution >= 4 is 11.6 Å². The monoisotopic (exact) mass is 281 g/mol. The number of pyridine rings is 1. The van der Waals surface area contributed by atoms with Crippen molar-refractivity contribution in [2.75, 3.05) is 11.9 Å². The van der Waals surface area contributed by atoms with Gasteiger partial charge in [-0.15, -0.1) is 0 Å². The van der Waals surface area contributed by atoms with Gasteiger partial charge in [-0.05, 0) is 23.1 Å². The molecule has 0 atom stereocenters. The molecule has 2 aromatic rings. The molecule has 0 aliphatic carbocycles. The van der Waals surface area contributed by atoms with Crippen LogP contribution in [-0.4, -0.2) is 22.3 Å². The summed E-state index contributed by atoms with van der Waals surface area (Å²) in [6, 6.07) is 10.5. The lowest BCUT2D eigenvalue weighted by atomic mass is 9.99. The number of rotatable bonds is 3. The van der Waals surface area contributed by atoms with Crippen LogP contribution in [0.5, 0.6) is 0 Å². The van der Waals surface area contributed by atoms with E-state index in [0.717, 1.165) is 31.7 Å². The van der Waals surface area contributed by atoms with Gasteiger partial charge >= 0.3 is 0 Å². The van der Waals surface area contributed by atoms with Crippen LogP contribution in [-0.2, 0) is 24.3 Å². The van der Waals surface area contributed by atoms with E-state index in [1.165, 1.54) is 23.6 Å². The predicted octanol–water partition coefficient (Wildman–Crippen LogP) is 2.60. The molecule has 3 rings (SSSR count). The van der Waals surface area contributed by atoms with E-state index < -0.39 is 0 Å². The first-order chi connectivity index (χ1) is 10.2. The minimum absolute atomic E-state index is 0.0445. The largest absolute Gasteiger partial charge is 0.325 e. The summed E-state index contributed by atoms with van der Waals surface area (Å²) < 4.78 is 0. The summed E-state index contributed by atoms with van der Waals surface area (Å²) in [7, 11) is 0. The Balaban J connectivity index is 1.75. The van der Waals surface area contributed by atoms with Gasteiger partial charge in [0.2, 0.25) is 5.91 Å². The molecule has 1 N–H and O–H groups in total. The lowest BCUT2D eigenvalue weighted by Gasteiger charge is -2.29. The quantitative estimate of drug-likeness (QED) is 0.940. The zero-order valence-electron chi connectivity index (χ0n) is 12.2. The number of aromatic nitrogens is 1. The molecule has 1 aliphatic rings. The van der Waals surface area contributed by atoms with Crippen LogP contribution in [0, 0.1) is 0 Å². The fraction of sp³-hybridized carbons (Fsp3) is 0.294. The number of anilines is 1. The van der Waals surface area contributed by atoms with Crippen LogP contribution in [0.3, 0.4) is 0 Å². The van der Waals surface area contributed by atoms with E-state index in [1.807, 2.05) is 12.3 Å². The first kappa shape index (κ1) is 13.8. The van der Waals surface area contributed by atoms with E-state index in [-0.39, 0.29) is 5.91 Å². The van der Waals surface area contributed by atoms with Crippen LogP contribution < -0.4 is 5.32 Å². The van der Waals surface area contributed by atoms with E-state index >= 15 is 0 Å². The Morgan fingerprint density at radius 1 is 1.29 bits per heavy atom. The number of carbonyl (C=O) groups is 1. The minimum atomic E-state index is -0.0445. The number of nitrogens with one attached hydrogen (secondary N) is 1. The van der Waals surface area contributed by atoms with Crippen molar-refractivity contribution in [3.8, 4) is 0 Å². The second-order valence-electron chi connectivity index (χ2n) is 5.45. The SMILES string of the molecule is CC(=O)Nc1cncc2c1CCN(Cc1ccccc1)C2. The van der Waals surface area contributed by atoms with E-state index in [4.69, 9.17) is 0 Å². The summed E-state index contributed by atoms with van der Waals surface area (Å²) >= 11 is 0. The Hall–Kier alpha value is -2.20. The molecule has 1 aliphatic heterocycles. The molecule has 108 valence electrons. The standard InChI is InChI=1S/C17H19N3O/c1-13(21)19-17-10-18-9-15-12-20(8-7-16(15)17)11-14-5-3-2-4-6-14/h2-6,9-10H,7-8,11-12H2,1H3,(H,19,21). The smallest absolute Gasteiger partial charge is 0.221 e. The molecule has 0 fully saturated rings. The highest BCUT2D eigenvalue weighted by Gasteiger charge is 2.19. The molecule has 4 heteroatoms. The van der Waals surface area contributed by atoms with Gasteiger partial charge in [0.15, 0.2) is 0 Å². The van der Waals surface area contributed by atoms with Crippen molar-refractivity contribution in [2.45, 2.75) is 26.4 Å². The van der Waals surface area contributed by atoms with E-state index in [2.05, 4.69) is 39.5 Å². The Bertz CT molecular complexity index is 640. The molecular weight excluding hydrogens is 262 g/mol. The van der Waals surface area contributed by atoms with Gasteiger partial charge in [0.1, 0.15) is 0 Å². The number of hydrogen-bond donors (Lipinski definition) is 1. The zero-order valence-corrected chi connectivity index (χ0v) is 12.2. The van der Waals surface area contributed by atoms with Gasteiger partial charge in [-0.2, -0.15) is 0 Å². The second-order valence-corrected chi connectivity index (χ2v) is 5.45. The van der Waals surface area contributed by atoms with Crippen molar-refractivity contribution in [3.63, 3.8) is 0 Å². The molecule has 2 heterocycles. The maximum atomic E-state index is 11.3. The van der Waals surface area contributed by atoms with Crippen LogP contribution in [0.2, 0.25) is 0 Å². The normalized spacial score (nSPS) is 14.5. The van der Waals surface area contributed by atoms with Crippen LogP contribution in [0.1, 0.15) is 23.6 Å². The number of amides is 1. The number of benzene rings is 1. The molecule has 0 radical (unpaired) electrons. The zero-order chi connectivity index (χ0) is 14.7. The van der Waals surface area contributed by atoms with Gasteiger partial charge in [0.05, 0.1) is 11.9 Å². The molecule has 1 amide bonds. The summed E-state index contributed by atoms with van der Waals surface area (Å²) in [6.07, 6.45) is 4.60. The molecule has 1 aromatic heterocycles. The fourth-order valence-corrected chi connectivity index (χ4v) is 2.83. The highest BCUT2D eigenvalue weighted by Crippen LogP contribution is 2.25. The average Bonchev–Trinajstić information content (AvgIpc) is 2.48. The van der Waals surface area contributed by atoms with Gasteiger partial charge in [-0.3, -0.25) is 14.7 Å². The lowest BCUT2D eigenvalue weighted by molar-refractivity contribution is -0.114. The van der Waals surface area contributed by atoms with Crippen molar-refractivity contribution in [1.82, 2.24) is 9.88 Å². The number of carbonyl (C=O) groups excluding carboxylic acids is 1. The molecule has 0 bridgehead atoms. The molecule has 4 nitrogen and oxygen atoms in total. The maximum Gasteiger partial charge on any atom is 0.221 e. The van der Waals surface area contributed by atoms with Crippen LogP contribution in [0.15, 0.2) is 42.7 Å². The van der Waals surface area contributed by atoms with E-state index in [9.17, 15) is 4.79 Å². The third-order valence-electron chi connectivity index (χ3n) is 3.78. The molecule has 0 spiro atoms. The van der Waals surface area contributed by atoms with E-state index in [0.29, 0.717) is 0 Å². The summed E-state index contributed by atoms with van der Waals surface area (Å²) in [4.78, 5) is 17.9. The maximum absolute atomic E-state index is 11.3. The average molecular weight is 281 g/mol. The Labute approximate surface area is 124 Å². The summed E-state index contributed by atoms with van der Waals surface area (Å²) in [5.74, 6) is -0.0445. The van der Waals surface area contributed by atoms with E-state index in [1.54, 1.807) is 6.20 Å². The second kappa shape index (κ2) is 6.06. The first-order valence-electron chi connectivity index (χ1n) is 7.22. The number of hydrogen-bond acceptors (Lipinski definition) is 3. The Kier molecular flexibility index (Phi) is 3.97. The number of nitrogens with zero attached hydrogens (tertiary/aromatic N) is 2. The molecule has 21 heavy (non-hydrogen) atoms. The van der Waals surface area contributed by atoms with Crippen LogP contribution >= 0.6 is 0 Å². The Morgan fingerprint density at radius 2 is 2.10 bits per heavy atom. The van der Waals surface area contributed by atoms with Gasteiger partial charge in [0.25, 0.3) is 0 Å². The van der Waals surface area contributed by atoms with Gasteiger partial charge in [0, 0.05) is 32.8 Å². The molecule has 0 saturated carbocycles.